The van der Waals surface area contributed by atoms with Crippen LogP contribution in [-0.2, 0) is 6.42 Å². The third-order valence-corrected chi connectivity index (χ3v) is 3.69. The molecule has 2 rings (SSSR count). The van der Waals surface area contributed by atoms with Gasteiger partial charge in [-0.25, -0.2) is 0 Å². The predicted octanol–water partition coefficient (Wildman–Crippen LogP) is 3.47. The molecule has 0 aromatic heterocycles. The Labute approximate surface area is 121 Å². The van der Waals surface area contributed by atoms with E-state index >= 15 is 0 Å². The Morgan fingerprint density at radius 1 is 1.45 bits per heavy atom. The SMILES string of the molecule is C=CCN(C(=O)c1cccc2c1CCCN2)C(C)(C)C. The van der Waals surface area contributed by atoms with Gasteiger partial charge in [0.15, 0.2) is 0 Å². The van der Waals surface area contributed by atoms with E-state index in [2.05, 4.69) is 38.7 Å². The molecule has 1 aliphatic rings. The Morgan fingerprint density at radius 2 is 2.20 bits per heavy atom. The molecule has 0 fully saturated rings. The number of hydrogen-bond donors (Lipinski definition) is 1. The van der Waals surface area contributed by atoms with Gasteiger partial charge in [0, 0.05) is 29.9 Å². The molecular formula is C17H24N2O. The number of carbonyl (C=O) groups is 1. The summed E-state index contributed by atoms with van der Waals surface area (Å²) in [6.07, 6.45) is 3.83. The van der Waals surface area contributed by atoms with E-state index < -0.39 is 0 Å². The Morgan fingerprint density at radius 3 is 2.85 bits per heavy atom. The van der Waals surface area contributed by atoms with E-state index in [0.29, 0.717) is 6.54 Å². The molecule has 0 bridgehead atoms. The van der Waals surface area contributed by atoms with Crippen LogP contribution >= 0.6 is 0 Å². The minimum Gasteiger partial charge on any atom is -0.385 e. The van der Waals surface area contributed by atoms with Crippen LogP contribution in [0, 0.1) is 0 Å². The molecular weight excluding hydrogens is 248 g/mol. The average molecular weight is 272 g/mol. The highest BCUT2D eigenvalue weighted by atomic mass is 16.2. The highest BCUT2D eigenvalue weighted by Gasteiger charge is 2.28. The van der Waals surface area contributed by atoms with Crippen molar-refractivity contribution < 1.29 is 4.79 Å². The molecule has 1 N–H and O–H groups in total. The van der Waals surface area contributed by atoms with Crippen molar-refractivity contribution in [3.05, 3.63) is 42.0 Å². The van der Waals surface area contributed by atoms with Gasteiger partial charge in [0.1, 0.15) is 0 Å². The van der Waals surface area contributed by atoms with E-state index in [1.165, 1.54) is 0 Å². The normalized spacial score (nSPS) is 14.2. The van der Waals surface area contributed by atoms with Gasteiger partial charge in [0.25, 0.3) is 5.91 Å². The maximum atomic E-state index is 12.9. The first-order valence-corrected chi connectivity index (χ1v) is 7.24. The Kier molecular flexibility index (Phi) is 4.17. The minimum absolute atomic E-state index is 0.0953. The van der Waals surface area contributed by atoms with E-state index in [4.69, 9.17) is 0 Å². The van der Waals surface area contributed by atoms with Crippen LogP contribution in [0.5, 0.6) is 0 Å². The summed E-state index contributed by atoms with van der Waals surface area (Å²) in [5.41, 5.74) is 2.87. The largest absolute Gasteiger partial charge is 0.385 e. The first-order valence-electron chi connectivity index (χ1n) is 7.24. The van der Waals surface area contributed by atoms with Gasteiger partial charge >= 0.3 is 0 Å². The van der Waals surface area contributed by atoms with Crippen LogP contribution in [0.4, 0.5) is 5.69 Å². The third-order valence-electron chi connectivity index (χ3n) is 3.69. The molecule has 108 valence electrons. The fourth-order valence-electron chi connectivity index (χ4n) is 2.65. The lowest BCUT2D eigenvalue weighted by Crippen LogP contribution is -2.46. The van der Waals surface area contributed by atoms with Gasteiger partial charge < -0.3 is 10.2 Å². The molecule has 3 heteroatoms. The fourth-order valence-corrected chi connectivity index (χ4v) is 2.65. The van der Waals surface area contributed by atoms with Crippen molar-refractivity contribution in [3.8, 4) is 0 Å². The summed E-state index contributed by atoms with van der Waals surface area (Å²) in [6, 6.07) is 5.95. The van der Waals surface area contributed by atoms with Crippen molar-refractivity contribution in [1.82, 2.24) is 4.90 Å². The second kappa shape index (κ2) is 5.70. The lowest BCUT2D eigenvalue weighted by molar-refractivity contribution is 0.0615. The van der Waals surface area contributed by atoms with E-state index in [9.17, 15) is 4.79 Å². The topological polar surface area (TPSA) is 32.3 Å². The number of hydrogen-bond acceptors (Lipinski definition) is 2. The monoisotopic (exact) mass is 272 g/mol. The van der Waals surface area contributed by atoms with Crippen LogP contribution in [0.2, 0.25) is 0 Å². The van der Waals surface area contributed by atoms with E-state index in [-0.39, 0.29) is 11.4 Å². The number of benzene rings is 1. The number of rotatable bonds is 3. The van der Waals surface area contributed by atoms with Crippen LogP contribution in [-0.4, -0.2) is 29.4 Å². The number of carbonyl (C=O) groups excluding carboxylic acids is 1. The Hall–Kier alpha value is -1.77. The molecule has 0 unspecified atom stereocenters. The summed E-state index contributed by atoms with van der Waals surface area (Å²) in [4.78, 5) is 14.8. The molecule has 1 aromatic rings. The van der Waals surface area contributed by atoms with Gasteiger partial charge in [-0.15, -0.1) is 6.58 Å². The second-order valence-corrected chi connectivity index (χ2v) is 6.24. The predicted molar refractivity (Wildman–Crippen MR) is 84.2 cm³/mol. The highest BCUT2D eigenvalue weighted by Crippen LogP contribution is 2.28. The number of anilines is 1. The van der Waals surface area contributed by atoms with Gasteiger partial charge in [0.05, 0.1) is 0 Å². The summed E-state index contributed by atoms with van der Waals surface area (Å²) in [6.45, 7) is 11.5. The van der Waals surface area contributed by atoms with Crippen molar-refractivity contribution in [2.75, 3.05) is 18.4 Å². The standard InChI is InChI=1S/C17H24N2O/c1-5-12-19(17(2,3)4)16(20)14-8-6-10-15-13(14)9-7-11-18-15/h5-6,8,10,18H,1,7,9,11-12H2,2-4H3. The molecule has 0 atom stereocenters. The van der Waals surface area contributed by atoms with E-state index in [1.807, 2.05) is 17.0 Å². The van der Waals surface area contributed by atoms with Crippen molar-refractivity contribution in [2.45, 2.75) is 39.2 Å². The molecule has 3 nitrogen and oxygen atoms in total. The number of nitrogens with one attached hydrogen (secondary N) is 1. The molecule has 1 heterocycles. The van der Waals surface area contributed by atoms with Crippen LogP contribution in [0.15, 0.2) is 30.9 Å². The van der Waals surface area contributed by atoms with Crippen molar-refractivity contribution in [3.63, 3.8) is 0 Å². The fraction of sp³-hybridized carbons (Fsp3) is 0.471. The van der Waals surface area contributed by atoms with Gasteiger partial charge in [-0.3, -0.25) is 4.79 Å². The van der Waals surface area contributed by atoms with Gasteiger partial charge in [-0.1, -0.05) is 12.1 Å². The summed E-state index contributed by atoms with van der Waals surface area (Å²) >= 11 is 0. The Balaban J connectivity index is 2.39. The van der Waals surface area contributed by atoms with Crippen LogP contribution in [0.1, 0.15) is 43.1 Å². The maximum absolute atomic E-state index is 12.9. The zero-order valence-corrected chi connectivity index (χ0v) is 12.7. The molecule has 1 amide bonds. The van der Waals surface area contributed by atoms with E-state index in [0.717, 1.165) is 36.2 Å². The highest BCUT2D eigenvalue weighted by molar-refractivity contribution is 5.97. The molecule has 20 heavy (non-hydrogen) atoms. The number of nitrogens with zero attached hydrogens (tertiary/aromatic N) is 1. The Bertz CT molecular complexity index is 514. The van der Waals surface area contributed by atoms with Gasteiger partial charge in [-0.05, 0) is 51.3 Å². The van der Waals surface area contributed by atoms with Crippen LogP contribution < -0.4 is 5.32 Å². The summed E-state index contributed by atoms with van der Waals surface area (Å²) in [7, 11) is 0. The van der Waals surface area contributed by atoms with Crippen LogP contribution in [0.25, 0.3) is 0 Å². The number of fused-ring (bicyclic) bond motifs is 1. The lowest BCUT2D eigenvalue weighted by atomic mass is 9.95. The van der Waals surface area contributed by atoms with Gasteiger partial charge in [-0.2, -0.15) is 0 Å². The van der Waals surface area contributed by atoms with E-state index in [1.54, 1.807) is 6.08 Å². The van der Waals surface area contributed by atoms with Crippen molar-refractivity contribution in [2.24, 2.45) is 0 Å². The third kappa shape index (κ3) is 2.87. The smallest absolute Gasteiger partial charge is 0.254 e. The molecule has 1 aliphatic heterocycles. The average Bonchev–Trinajstić information content (AvgIpc) is 2.42. The second-order valence-electron chi connectivity index (χ2n) is 6.24. The van der Waals surface area contributed by atoms with Crippen molar-refractivity contribution >= 4 is 11.6 Å². The first kappa shape index (κ1) is 14.6. The lowest BCUT2D eigenvalue weighted by Gasteiger charge is -2.36. The molecule has 0 spiro atoms. The molecule has 0 aliphatic carbocycles. The molecule has 0 saturated heterocycles. The summed E-state index contributed by atoms with van der Waals surface area (Å²) < 4.78 is 0. The number of amides is 1. The molecule has 0 radical (unpaired) electrons. The summed E-state index contributed by atoms with van der Waals surface area (Å²) in [5, 5.41) is 3.38. The zero-order valence-electron chi connectivity index (χ0n) is 12.7. The van der Waals surface area contributed by atoms with Crippen LogP contribution in [0.3, 0.4) is 0 Å². The summed E-state index contributed by atoms with van der Waals surface area (Å²) in [5.74, 6) is 0.0953. The van der Waals surface area contributed by atoms with Gasteiger partial charge in [0.2, 0.25) is 0 Å². The quantitative estimate of drug-likeness (QED) is 0.854. The zero-order chi connectivity index (χ0) is 14.8. The minimum atomic E-state index is -0.212. The molecule has 0 saturated carbocycles. The maximum Gasteiger partial charge on any atom is 0.254 e. The van der Waals surface area contributed by atoms with Crippen molar-refractivity contribution in [1.29, 1.82) is 0 Å². The molecule has 1 aromatic carbocycles. The first-order chi connectivity index (χ1) is 9.45.